The summed E-state index contributed by atoms with van der Waals surface area (Å²) in [5, 5.41) is 5.68. The van der Waals surface area contributed by atoms with E-state index in [9.17, 15) is 9.59 Å². The molecule has 26 heavy (non-hydrogen) atoms. The molecule has 7 nitrogen and oxygen atoms in total. The highest BCUT2D eigenvalue weighted by atomic mass is 35.5. The van der Waals surface area contributed by atoms with Gasteiger partial charge in [-0.2, -0.15) is 0 Å². The van der Waals surface area contributed by atoms with E-state index >= 15 is 0 Å². The molecule has 0 bridgehead atoms. The van der Waals surface area contributed by atoms with Gasteiger partial charge in [0.05, 0.1) is 6.54 Å². The number of urea groups is 1. The van der Waals surface area contributed by atoms with E-state index in [2.05, 4.69) is 20.4 Å². The number of carbonyl (C=O) groups is 2. The number of halogens is 1. The molecule has 1 aliphatic heterocycles. The summed E-state index contributed by atoms with van der Waals surface area (Å²) in [5.74, 6) is 0.546. The molecule has 0 atom stereocenters. The molecule has 1 aromatic rings. The van der Waals surface area contributed by atoms with Crippen molar-refractivity contribution in [1.29, 1.82) is 0 Å². The predicted molar refractivity (Wildman–Crippen MR) is 102 cm³/mol. The molecule has 0 aliphatic carbocycles. The van der Waals surface area contributed by atoms with E-state index in [1.165, 1.54) is 0 Å². The van der Waals surface area contributed by atoms with Gasteiger partial charge in [0.1, 0.15) is 12.4 Å². The summed E-state index contributed by atoms with van der Waals surface area (Å²) >= 11 is 5.85. The molecule has 1 aromatic carbocycles. The van der Waals surface area contributed by atoms with Gasteiger partial charge >= 0.3 is 6.03 Å². The zero-order valence-corrected chi connectivity index (χ0v) is 15.9. The number of benzene rings is 1. The number of hydrogen-bond donors (Lipinski definition) is 2. The maximum absolute atomic E-state index is 11.9. The molecular formula is C18H27ClN4O3. The lowest BCUT2D eigenvalue weighted by Crippen LogP contribution is -2.51. The van der Waals surface area contributed by atoms with E-state index in [1.807, 2.05) is 31.2 Å². The molecule has 2 N–H and O–H groups in total. The summed E-state index contributed by atoms with van der Waals surface area (Å²) < 4.78 is 5.71. The lowest BCUT2D eigenvalue weighted by Gasteiger charge is -2.34. The van der Waals surface area contributed by atoms with Gasteiger partial charge in [0, 0.05) is 44.3 Å². The molecular weight excluding hydrogens is 356 g/mol. The third kappa shape index (κ3) is 7.59. The van der Waals surface area contributed by atoms with Crippen LogP contribution in [-0.2, 0) is 4.79 Å². The van der Waals surface area contributed by atoms with Crippen molar-refractivity contribution < 1.29 is 14.3 Å². The van der Waals surface area contributed by atoms with Crippen LogP contribution in [0, 0.1) is 0 Å². The first-order chi connectivity index (χ1) is 12.6. The highest BCUT2D eigenvalue weighted by Gasteiger charge is 2.19. The van der Waals surface area contributed by atoms with Crippen LogP contribution >= 0.6 is 11.6 Å². The van der Waals surface area contributed by atoms with E-state index in [1.54, 1.807) is 0 Å². The second kappa shape index (κ2) is 11.0. The molecule has 2 rings (SSSR count). The molecule has 0 spiro atoms. The van der Waals surface area contributed by atoms with Crippen molar-refractivity contribution in [1.82, 2.24) is 20.4 Å². The van der Waals surface area contributed by atoms with E-state index in [0.29, 0.717) is 18.2 Å². The first-order valence-corrected chi connectivity index (χ1v) is 9.35. The van der Waals surface area contributed by atoms with Crippen LogP contribution in [-0.4, -0.2) is 74.2 Å². The highest BCUT2D eigenvalue weighted by molar-refractivity contribution is 6.30. The number of carbonyl (C=O) groups excluding carboxylic acids is 2. The number of imide groups is 1. The molecule has 0 radical (unpaired) electrons. The monoisotopic (exact) mass is 382 g/mol. The molecule has 1 aliphatic rings. The Morgan fingerprint density at radius 1 is 1.12 bits per heavy atom. The number of rotatable bonds is 8. The van der Waals surface area contributed by atoms with Gasteiger partial charge < -0.3 is 10.1 Å². The molecule has 1 fully saturated rings. The van der Waals surface area contributed by atoms with Crippen molar-refractivity contribution in [3.05, 3.63) is 29.3 Å². The number of nitrogens with zero attached hydrogens (tertiary/aromatic N) is 2. The SMILES string of the molecule is CCCNC(=O)NC(=O)CN1CCN(CCOc2ccc(Cl)cc2)CC1. The quantitative estimate of drug-likeness (QED) is 0.714. The first-order valence-electron chi connectivity index (χ1n) is 8.97. The zero-order chi connectivity index (χ0) is 18.8. The fourth-order valence-corrected chi connectivity index (χ4v) is 2.77. The highest BCUT2D eigenvalue weighted by Crippen LogP contribution is 2.15. The fraction of sp³-hybridized carbons (Fsp3) is 0.556. The van der Waals surface area contributed by atoms with Crippen molar-refractivity contribution in [3.8, 4) is 5.75 Å². The largest absolute Gasteiger partial charge is 0.492 e. The van der Waals surface area contributed by atoms with Crippen molar-refractivity contribution >= 4 is 23.5 Å². The van der Waals surface area contributed by atoms with Crippen molar-refractivity contribution in [2.45, 2.75) is 13.3 Å². The Labute approximate surface area is 159 Å². The number of nitrogens with one attached hydrogen (secondary N) is 2. The molecule has 3 amide bonds. The van der Waals surface area contributed by atoms with Gasteiger partial charge in [-0.15, -0.1) is 0 Å². The number of ether oxygens (including phenoxy) is 1. The van der Waals surface area contributed by atoms with Crippen LogP contribution < -0.4 is 15.4 Å². The Morgan fingerprint density at radius 3 is 2.42 bits per heavy atom. The van der Waals surface area contributed by atoms with Crippen molar-refractivity contribution in [3.63, 3.8) is 0 Å². The second-order valence-corrected chi connectivity index (χ2v) is 6.66. The standard InChI is InChI=1S/C18H27ClN4O3/c1-2-7-20-18(25)21-17(24)14-23-10-8-22(9-11-23)12-13-26-16-5-3-15(19)4-6-16/h3-6H,2,7-14H2,1H3,(H2,20,21,24,25). The van der Waals surface area contributed by atoms with Crippen LogP contribution in [0.3, 0.4) is 0 Å². The van der Waals surface area contributed by atoms with E-state index in [-0.39, 0.29) is 12.5 Å². The molecule has 0 aromatic heterocycles. The average molecular weight is 383 g/mol. The smallest absolute Gasteiger partial charge is 0.321 e. The maximum atomic E-state index is 11.9. The maximum Gasteiger partial charge on any atom is 0.321 e. The summed E-state index contributed by atoms with van der Waals surface area (Å²) in [4.78, 5) is 27.7. The van der Waals surface area contributed by atoms with Gasteiger partial charge in [0.2, 0.25) is 5.91 Å². The minimum atomic E-state index is -0.421. The van der Waals surface area contributed by atoms with Crippen LogP contribution in [0.15, 0.2) is 24.3 Å². The average Bonchev–Trinajstić information content (AvgIpc) is 2.63. The first kappa shape index (κ1) is 20.5. The fourth-order valence-electron chi connectivity index (χ4n) is 2.65. The number of amides is 3. The van der Waals surface area contributed by atoms with E-state index in [4.69, 9.17) is 16.3 Å². The third-order valence-electron chi connectivity index (χ3n) is 4.11. The second-order valence-electron chi connectivity index (χ2n) is 6.22. The molecule has 8 heteroatoms. The molecule has 144 valence electrons. The van der Waals surface area contributed by atoms with Crippen molar-refractivity contribution in [2.75, 3.05) is 52.4 Å². The van der Waals surface area contributed by atoms with Crippen LogP contribution in [0.5, 0.6) is 5.75 Å². The summed E-state index contributed by atoms with van der Waals surface area (Å²) in [5.41, 5.74) is 0. The van der Waals surface area contributed by atoms with Gasteiger partial charge in [-0.3, -0.25) is 19.9 Å². The van der Waals surface area contributed by atoms with Crippen LogP contribution in [0.2, 0.25) is 5.02 Å². The summed E-state index contributed by atoms with van der Waals surface area (Å²) in [6.07, 6.45) is 0.839. The van der Waals surface area contributed by atoms with Crippen LogP contribution in [0.1, 0.15) is 13.3 Å². The van der Waals surface area contributed by atoms with Crippen LogP contribution in [0.25, 0.3) is 0 Å². The van der Waals surface area contributed by atoms with Gasteiger partial charge in [0.25, 0.3) is 0 Å². The molecule has 1 heterocycles. The minimum absolute atomic E-state index is 0.245. The Balaban J connectivity index is 1.59. The van der Waals surface area contributed by atoms with Gasteiger partial charge in [-0.1, -0.05) is 18.5 Å². The Hall–Kier alpha value is -1.83. The summed E-state index contributed by atoms with van der Waals surface area (Å²) in [6, 6.07) is 6.91. The Morgan fingerprint density at radius 2 is 1.77 bits per heavy atom. The normalized spacial score (nSPS) is 15.5. The van der Waals surface area contributed by atoms with Gasteiger partial charge in [-0.25, -0.2) is 4.79 Å². The Kier molecular flexibility index (Phi) is 8.67. The van der Waals surface area contributed by atoms with Gasteiger partial charge in [0.15, 0.2) is 0 Å². The molecule has 0 unspecified atom stereocenters. The lowest BCUT2D eigenvalue weighted by molar-refractivity contribution is -0.121. The lowest BCUT2D eigenvalue weighted by atomic mass is 10.3. The van der Waals surface area contributed by atoms with E-state index in [0.717, 1.165) is 44.9 Å². The minimum Gasteiger partial charge on any atom is -0.492 e. The summed E-state index contributed by atoms with van der Waals surface area (Å²) in [6.45, 7) is 7.56. The van der Waals surface area contributed by atoms with Gasteiger partial charge in [-0.05, 0) is 30.7 Å². The molecule has 1 saturated heterocycles. The number of hydrogen-bond acceptors (Lipinski definition) is 5. The molecule has 0 saturated carbocycles. The topological polar surface area (TPSA) is 73.9 Å². The number of piperazine rings is 1. The zero-order valence-electron chi connectivity index (χ0n) is 15.2. The predicted octanol–water partition coefficient (Wildman–Crippen LogP) is 1.57. The third-order valence-corrected chi connectivity index (χ3v) is 4.36. The van der Waals surface area contributed by atoms with Crippen LogP contribution in [0.4, 0.5) is 4.79 Å². The van der Waals surface area contributed by atoms with Crippen molar-refractivity contribution in [2.24, 2.45) is 0 Å². The summed E-state index contributed by atoms with van der Waals surface area (Å²) in [7, 11) is 0. The van der Waals surface area contributed by atoms with E-state index < -0.39 is 6.03 Å². The Bertz CT molecular complexity index is 574.